The molecule has 0 bridgehead atoms. The second-order valence-electron chi connectivity index (χ2n) is 6.94. The fourth-order valence-corrected chi connectivity index (χ4v) is 3.86. The van der Waals surface area contributed by atoms with E-state index in [9.17, 15) is 4.79 Å². The van der Waals surface area contributed by atoms with Crippen LogP contribution in [0.3, 0.4) is 0 Å². The van der Waals surface area contributed by atoms with Crippen LogP contribution in [0.2, 0.25) is 5.02 Å². The first-order valence-electron chi connectivity index (χ1n) is 7.93. The second kappa shape index (κ2) is 5.81. The van der Waals surface area contributed by atoms with E-state index >= 15 is 0 Å². The number of aromatic nitrogens is 2. The van der Waals surface area contributed by atoms with E-state index in [1.54, 1.807) is 7.11 Å². The minimum absolute atomic E-state index is 0.0331. The van der Waals surface area contributed by atoms with Crippen molar-refractivity contribution in [1.82, 2.24) is 9.97 Å². The molecule has 1 aliphatic rings. The predicted octanol–water partition coefficient (Wildman–Crippen LogP) is 4.25. The summed E-state index contributed by atoms with van der Waals surface area (Å²) in [6, 6.07) is 5.72. The monoisotopic (exact) mass is 347 g/mol. The number of aryl methyl sites for hydroxylation is 1. The van der Waals surface area contributed by atoms with Gasteiger partial charge >= 0.3 is 0 Å². The van der Waals surface area contributed by atoms with Gasteiger partial charge in [-0.1, -0.05) is 25.4 Å². The first-order valence-corrected chi connectivity index (χ1v) is 8.31. The van der Waals surface area contributed by atoms with Crippen LogP contribution in [0.1, 0.15) is 49.6 Å². The van der Waals surface area contributed by atoms with Gasteiger partial charge in [0.2, 0.25) is 11.9 Å². The molecule has 24 heavy (non-hydrogen) atoms. The van der Waals surface area contributed by atoms with Gasteiger partial charge in [0.25, 0.3) is 0 Å². The molecule has 2 aromatic rings. The van der Waals surface area contributed by atoms with E-state index in [4.69, 9.17) is 16.3 Å². The van der Waals surface area contributed by atoms with Gasteiger partial charge < -0.3 is 9.72 Å². The maximum Gasteiger partial charge on any atom is 0.223 e. The molecular formula is C18H22ClN3O2. The summed E-state index contributed by atoms with van der Waals surface area (Å²) in [5.74, 6) is 1.70. The molecule has 1 heterocycles. The molecule has 0 radical (unpaired) electrons. The Morgan fingerprint density at radius 2 is 2.08 bits per heavy atom. The Morgan fingerprint density at radius 1 is 1.38 bits per heavy atom. The number of imidazole rings is 1. The largest absolute Gasteiger partial charge is 0.496 e. The number of aromatic amines is 1. The minimum Gasteiger partial charge on any atom is -0.496 e. The van der Waals surface area contributed by atoms with Crippen LogP contribution in [0.4, 0.5) is 5.95 Å². The SMILES string of the molecule is COc1ccc(Cl)cc1C1C(c2nc(NC(C)=O)[nH]c2C)C1(C)C. The van der Waals surface area contributed by atoms with Gasteiger partial charge in [0.15, 0.2) is 0 Å². The molecule has 2 atom stereocenters. The smallest absolute Gasteiger partial charge is 0.223 e. The molecular weight excluding hydrogens is 326 g/mol. The van der Waals surface area contributed by atoms with Gasteiger partial charge in [-0.15, -0.1) is 0 Å². The van der Waals surface area contributed by atoms with Crippen molar-refractivity contribution >= 4 is 23.5 Å². The number of hydrogen-bond acceptors (Lipinski definition) is 3. The van der Waals surface area contributed by atoms with Gasteiger partial charge in [-0.25, -0.2) is 4.98 Å². The molecule has 2 unspecified atom stereocenters. The first kappa shape index (κ1) is 16.8. The number of carbonyl (C=O) groups excluding carboxylic acids is 1. The highest BCUT2D eigenvalue weighted by Gasteiger charge is 2.61. The summed E-state index contributed by atoms with van der Waals surface area (Å²) in [7, 11) is 1.67. The number of hydrogen-bond donors (Lipinski definition) is 2. The lowest BCUT2D eigenvalue weighted by Crippen LogP contribution is -2.07. The normalized spacial score (nSPS) is 21.4. The van der Waals surface area contributed by atoms with Crippen LogP contribution < -0.4 is 10.1 Å². The standard InChI is InChI=1S/C18H22ClN3O2/c1-9-16(22-17(20-9)21-10(2)23)15-14(18(15,3)4)12-8-11(19)6-7-13(12)24-5/h6-8,14-15H,1-5H3,(H2,20,21,22,23). The highest BCUT2D eigenvalue weighted by atomic mass is 35.5. The van der Waals surface area contributed by atoms with Crippen molar-refractivity contribution in [3.8, 4) is 5.75 Å². The van der Waals surface area contributed by atoms with Crippen molar-refractivity contribution < 1.29 is 9.53 Å². The molecule has 0 aliphatic heterocycles. The lowest BCUT2D eigenvalue weighted by Gasteiger charge is -2.10. The van der Waals surface area contributed by atoms with E-state index in [-0.39, 0.29) is 23.2 Å². The minimum atomic E-state index is -0.140. The molecule has 6 heteroatoms. The molecule has 3 rings (SSSR count). The number of benzene rings is 1. The zero-order chi connectivity index (χ0) is 17.6. The topological polar surface area (TPSA) is 67.0 Å². The van der Waals surface area contributed by atoms with Crippen LogP contribution in [0.5, 0.6) is 5.75 Å². The fourth-order valence-electron chi connectivity index (χ4n) is 3.68. The van der Waals surface area contributed by atoms with Crippen molar-refractivity contribution in [2.75, 3.05) is 12.4 Å². The van der Waals surface area contributed by atoms with Crippen LogP contribution in [0.25, 0.3) is 0 Å². The summed E-state index contributed by atoms with van der Waals surface area (Å²) >= 11 is 6.20. The molecule has 5 nitrogen and oxygen atoms in total. The lowest BCUT2D eigenvalue weighted by molar-refractivity contribution is -0.114. The Labute approximate surface area is 146 Å². The van der Waals surface area contributed by atoms with Crippen LogP contribution in [-0.2, 0) is 4.79 Å². The van der Waals surface area contributed by atoms with Gasteiger partial charge in [-0.3, -0.25) is 10.1 Å². The lowest BCUT2D eigenvalue weighted by atomic mass is 10.0. The number of ether oxygens (including phenoxy) is 1. The summed E-state index contributed by atoms with van der Waals surface area (Å²) in [6.07, 6.45) is 0. The summed E-state index contributed by atoms with van der Waals surface area (Å²) < 4.78 is 5.52. The number of rotatable bonds is 4. The number of H-pyrrole nitrogens is 1. The van der Waals surface area contributed by atoms with E-state index < -0.39 is 0 Å². The third kappa shape index (κ3) is 2.77. The molecule has 1 saturated carbocycles. The summed E-state index contributed by atoms with van der Waals surface area (Å²) in [5, 5.41) is 3.41. The van der Waals surface area contributed by atoms with E-state index in [0.717, 1.165) is 22.7 Å². The van der Waals surface area contributed by atoms with Crippen LogP contribution in [0.15, 0.2) is 18.2 Å². The van der Waals surface area contributed by atoms with Gasteiger partial charge in [0.05, 0.1) is 12.8 Å². The molecule has 128 valence electrons. The fraction of sp³-hybridized carbons (Fsp3) is 0.444. The summed E-state index contributed by atoms with van der Waals surface area (Å²) in [6.45, 7) is 7.89. The van der Waals surface area contributed by atoms with Gasteiger partial charge in [-0.05, 0) is 36.1 Å². The van der Waals surface area contributed by atoms with Crippen molar-refractivity contribution in [3.63, 3.8) is 0 Å². The highest BCUT2D eigenvalue weighted by molar-refractivity contribution is 6.30. The van der Waals surface area contributed by atoms with Crippen LogP contribution in [-0.4, -0.2) is 23.0 Å². The van der Waals surface area contributed by atoms with Crippen molar-refractivity contribution in [1.29, 1.82) is 0 Å². The number of nitrogens with one attached hydrogen (secondary N) is 2. The summed E-state index contributed by atoms with van der Waals surface area (Å²) in [4.78, 5) is 19.0. The Hall–Kier alpha value is -2.01. The molecule has 1 aromatic heterocycles. The zero-order valence-corrected chi connectivity index (χ0v) is 15.3. The predicted molar refractivity (Wildman–Crippen MR) is 94.9 cm³/mol. The molecule has 0 spiro atoms. The molecule has 1 amide bonds. The van der Waals surface area contributed by atoms with Gasteiger partial charge in [0, 0.05) is 29.5 Å². The Bertz CT molecular complexity index is 798. The van der Waals surface area contributed by atoms with Crippen LogP contribution in [0, 0.1) is 12.3 Å². The van der Waals surface area contributed by atoms with E-state index in [2.05, 4.69) is 29.1 Å². The number of anilines is 1. The molecule has 0 saturated heterocycles. The maximum atomic E-state index is 11.3. The number of nitrogens with zero attached hydrogens (tertiary/aromatic N) is 1. The first-order chi connectivity index (χ1) is 11.3. The number of amides is 1. The molecule has 2 N–H and O–H groups in total. The quantitative estimate of drug-likeness (QED) is 0.869. The Kier molecular flexibility index (Phi) is 4.08. The molecule has 1 fully saturated rings. The van der Waals surface area contributed by atoms with Gasteiger partial charge in [0.1, 0.15) is 5.75 Å². The Balaban J connectivity index is 1.98. The molecule has 1 aromatic carbocycles. The average molecular weight is 348 g/mol. The van der Waals surface area contributed by atoms with Gasteiger partial charge in [-0.2, -0.15) is 0 Å². The number of methoxy groups -OCH3 is 1. The highest BCUT2D eigenvalue weighted by Crippen LogP contribution is 2.71. The third-order valence-corrected chi connectivity index (χ3v) is 5.10. The number of carbonyl (C=O) groups is 1. The Morgan fingerprint density at radius 3 is 2.71 bits per heavy atom. The van der Waals surface area contributed by atoms with E-state index in [0.29, 0.717) is 11.0 Å². The van der Waals surface area contributed by atoms with Crippen molar-refractivity contribution in [2.45, 2.75) is 39.5 Å². The maximum absolute atomic E-state index is 11.3. The third-order valence-electron chi connectivity index (χ3n) is 4.87. The number of halogens is 1. The second-order valence-corrected chi connectivity index (χ2v) is 7.38. The molecule has 1 aliphatic carbocycles. The average Bonchev–Trinajstić information content (AvgIpc) is 2.86. The van der Waals surface area contributed by atoms with Crippen molar-refractivity contribution in [2.24, 2.45) is 5.41 Å². The zero-order valence-electron chi connectivity index (χ0n) is 14.5. The van der Waals surface area contributed by atoms with Crippen molar-refractivity contribution in [3.05, 3.63) is 40.2 Å². The van der Waals surface area contributed by atoms with Crippen LogP contribution >= 0.6 is 11.6 Å². The summed E-state index contributed by atoms with van der Waals surface area (Å²) in [5.41, 5.74) is 3.09. The van der Waals surface area contributed by atoms with E-state index in [1.165, 1.54) is 6.92 Å². The van der Waals surface area contributed by atoms with E-state index in [1.807, 2.05) is 25.1 Å².